The van der Waals surface area contributed by atoms with E-state index in [9.17, 15) is 4.79 Å². The van der Waals surface area contributed by atoms with Gasteiger partial charge in [-0.3, -0.25) is 4.79 Å². The van der Waals surface area contributed by atoms with Crippen LogP contribution < -0.4 is 5.32 Å². The first-order valence-corrected chi connectivity index (χ1v) is 8.75. The van der Waals surface area contributed by atoms with Gasteiger partial charge in [0.25, 0.3) is 0 Å². The van der Waals surface area contributed by atoms with Gasteiger partial charge in [-0.15, -0.1) is 0 Å². The van der Waals surface area contributed by atoms with Gasteiger partial charge in [-0.2, -0.15) is 0 Å². The van der Waals surface area contributed by atoms with Crippen molar-refractivity contribution < 1.29 is 9.53 Å². The summed E-state index contributed by atoms with van der Waals surface area (Å²) >= 11 is 0. The highest BCUT2D eigenvalue weighted by Crippen LogP contribution is 2.36. The molecule has 126 valence electrons. The van der Waals surface area contributed by atoms with E-state index in [1.165, 1.54) is 0 Å². The number of hydrogen-bond acceptors (Lipinski definition) is 2. The molecular formula is C21H25NO2. The lowest BCUT2D eigenvalue weighted by Crippen LogP contribution is -2.48. The van der Waals surface area contributed by atoms with E-state index < -0.39 is 5.41 Å². The topological polar surface area (TPSA) is 38.3 Å². The van der Waals surface area contributed by atoms with Crippen molar-refractivity contribution in [2.75, 3.05) is 13.2 Å². The molecule has 1 unspecified atom stereocenters. The van der Waals surface area contributed by atoms with E-state index in [1.54, 1.807) is 0 Å². The van der Waals surface area contributed by atoms with Crippen molar-refractivity contribution >= 4 is 5.91 Å². The van der Waals surface area contributed by atoms with Gasteiger partial charge in [-0.25, -0.2) is 0 Å². The first-order chi connectivity index (χ1) is 11.8. The Balaban J connectivity index is 1.86. The fraction of sp³-hybridized carbons (Fsp3) is 0.381. The summed E-state index contributed by atoms with van der Waals surface area (Å²) in [4.78, 5) is 13.3. The zero-order chi connectivity index (χ0) is 16.8. The maximum Gasteiger partial charge on any atom is 0.231 e. The van der Waals surface area contributed by atoms with Gasteiger partial charge in [0.1, 0.15) is 0 Å². The van der Waals surface area contributed by atoms with Crippen LogP contribution in [0.25, 0.3) is 0 Å². The first kappa shape index (κ1) is 16.7. The van der Waals surface area contributed by atoms with Crippen LogP contribution in [-0.4, -0.2) is 19.1 Å². The molecule has 2 aromatic rings. The van der Waals surface area contributed by atoms with E-state index in [-0.39, 0.29) is 11.9 Å². The maximum absolute atomic E-state index is 13.3. The van der Waals surface area contributed by atoms with E-state index in [1.807, 2.05) is 36.4 Å². The zero-order valence-corrected chi connectivity index (χ0v) is 14.2. The number of carbonyl (C=O) groups is 1. The number of rotatable bonds is 5. The Hall–Kier alpha value is -2.13. The van der Waals surface area contributed by atoms with Gasteiger partial charge in [0, 0.05) is 13.2 Å². The number of hydrogen-bond donors (Lipinski definition) is 1. The first-order valence-electron chi connectivity index (χ1n) is 8.75. The molecule has 1 heterocycles. The molecule has 3 rings (SSSR count). The minimum atomic E-state index is -0.484. The Morgan fingerprint density at radius 2 is 1.62 bits per heavy atom. The Morgan fingerprint density at radius 1 is 1.04 bits per heavy atom. The molecule has 1 N–H and O–H groups in total. The third-order valence-electron chi connectivity index (χ3n) is 5.02. The number of benzene rings is 2. The Labute approximate surface area is 144 Å². The molecule has 0 radical (unpaired) electrons. The fourth-order valence-electron chi connectivity index (χ4n) is 3.53. The van der Waals surface area contributed by atoms with Crippen molar-refractivity contribution in [3.05, 3.63) is 71.8 Å². The SMILES string of the molecule is CCC(NC(=O)C1(c2ccccc2)CCOCC1)c1ccccc1. The van der Waals surface area contributed by atoms with E-state index in [0.717, 1.165) is 30.4 Å². The molecule has 0 aromatic heterocycles. The summed E-state index contributed by atoms with van der Waals surface area (Å²) in [6, 6.07) is 20.4. The summed E-state index contributed by atoms with van der Waals surface area (Å²) in [6.45, 7) is 3.37. The van der Waals surface area contributed by atoms with E-state index in [0.29, 0.717) is 13.2 Å². The van der Waals surface area contributed by atoms with Crippen molar-refractivity contribution in [3.63, 3.8) is 0 Å². The number of amides is 1. The van der Waals surface area contributed by atoms with Crippen LogP contribution in [0, 0.1) is 0 Å². The molecule has 0 saturated carbocycles. The van der Waals surface area contributed by atoms with Crippen LogP contribution in [-0.2, 0) is 14.9 Å². The predicted octanol–water partition coefficient (Wildman–Crippen LogP) is 4.00. The summed E-state index contributed by atoms with van der Waals surface area (Å²) in [6.07, 6.45) is 2.33. The molecule has 1 saturated heterocycles. The standard InChI is InChI=1S/C21H25NO2/c1-2-19(17-9-5-3-6-10-17)22-20(23)21(13-15-24-16-14-21)18-11-7-4-8-12-18/h3-12,19H,2,13-16H2,1H3,(H,22,23). The molecule has 1 aliphatic rings. The van der Waals surface area contributed by atoms with Gasteiger partial charge >= 0.3 is 0 Å². The van der Waals surface area contributed by atoms with Crippen LogP contribution in [0.2, 0.25) is 0 Å². The third kappa shape index (κ3) is 3.36. The molecule has 24 heavy (non-hydrogen) atoms. The lowest BCUT2D eigenvalue weighted by Gasteiger charge is -2.37. The number of carbonyl (C=O) groups excluding carboxylic acids is 1. The molecule has 3 heteroatoms. The zero-order valence-electron chi connectivity index (χ0n) is 14.2. The molecule has 1 atom stereocenters. The second-order valence-corrected chi connectivity index (χ2v) is 6.41. The van der Waals surface area contributed by atoms with Gasteiger partial charge in [-0.05, 0) is 30.4 Å². The van der Waals surface area contributed by atoms with Crippen LogP contribution in [0.1, 0.15) is 43.4 Å². The monoisotopic (exact) mass is 323 g/mol. The van der Waals surface area contributed by atoms with Crippen LogP contribution in [0.3, 0.4) is 0 Å². The quantitative estimate of drug-likeness (QED) is 0.903. The minimum Gasteiger partial charge on any atom is -0.381 e. The van der Waals surface area contributed by atoms with Crippen molar-refractivity contribution in [2.24, 2.45) is 0 Å². The fourth-order valence-corrected chi connectivity index (χ4v) is 3.53. The van der Waals surface area contributed by atoms with Crippen molar-refractivity contribution in [3.8, 4) is 0 Å². The number of nitrogens with one attached hydrogen (secondary N) is 1. The molecule has 1 amide bonds. The largest absolute Gasteiger partial charge is 0.381 e. The van der Waals surface area contributed by atoms with Crippen LogP contribution in [0.5, 0.6) is 0 Å². The predicted molar refractivity (Wildman–Crippen MR) is 95.8 cm³/mol. The summed E-state index contributed by atoms with van der Waals surface area (Å²) in [7, 11) is 0. The van der Waals surface area contributed by atoms with Gasteiger partial charge in [0.05, 0.1) is 11.5 Å². The van der Waals surface area contributed by atoms with Gasteiger partial charge in [0.2, 0.25) is 5.91 Å². The third-order valence-corrected chi connectivity index (χ3v) is 5.02. The molecular weight excluding hydrogens is 298 g/mol. The van der Waals surface area contributed by atoms with Gasteiger partial charge in [-0.1, -0.05) is 67.6 Å². The van der Waals surface area contributed by atoms with Crippen molar-refractivity contribution in [1.29, 1.82) is 0 Å². The van der Waals surface area contributed by atoms with Gasteiger partial charge in [0.15, 0.2) is 0 Å². The van der Waals surface area contributed by atoms with E-state index in [2.05, 4.69) is 36.5 Å². The maximum atomic E-state index is 13.3. The van der Waals surface area contributed by atoms with Crippen molar-refractivity contribution in [1.82, 2.24) is 5.32 Å². The molecule has 0 bridgehead atoms. The summed E-state index contributed by atoms with van der Waals surface area (Å²) < 4.78 is 5.53. The highest BCUT2D eigenvalue weighted by molar-refractivity contribution is 5.88. The van der Waals surface area contributed by atoms with Crippen LogP contribution >= 0.6 is 0 Å². The summed E-state index contributed by atoms with van der Waals surface area (Å²) in [5.41, 5.74) is 1.76. The van der Waals surface area contributed by atoms with E-state index >= 15 is 0 Å². The van der Waals surface area contributed by atoms with E-state index in [4.69, 9.17) is 4.74 Å². The second-order valence-electron chi connectivity index (χ2n) is 6.41. The van der Waals surface area contributed by atoms with Crippen LogP contribution in [0.4, 0.5) is 0 Å². The summed E-state index contributed by atoms with van der Waals surface area (Å²) in [5, 5.41) is 3.30. The highest BCUT2D eigenvalue weighted by atomic mass is 16.5. The lowest BCUT2D eigenvalue weighted by atomic mass is 9.73. The Bertz CT molecular complexity index is 648. The van der Waals surface area contributed by atoms with Gasteiger partial charge < -0.3 is 10.1 Å². The minimum absolute atomic E-state index is 0.0436. The average Bonchev–Trinajstić information content (AvgIpc) is 2.67. The molecule has 1 aliphatic heterocycles. The van der Waals surface area contributed by atoms with Crippen molar-refractivity contribution in [2.45, 2.75) is 37.6 Å². The molecule has 0 aliphatic carbocycles. The average molecular weight is 323 g/mol. The molecule has 2 aromatic carbocycles. The Morgan fingerprint density at radius 3 is 2.21 bits per heavy atom. The smallest absolute Gasteiger partial charge is 0.231 e. The second kappa shape index (κ2) is 7.63. The Kier molecular flexibility index (Phi) is 5.31. The molecule has 0 spiro atoms. The molecule has 1 fully saturated rings. The number of ether oxygens (including phenoxy) is 1. The normalized spacial score (nSPS) is 17.9. The summed E-state index contributed by atoms with van der Waals surface area (Å²) in [5.74, 6) is 0.118. The molecule has 3 nitrogen and oxygen atoms in total. The highest BCUT2D eigenvalue weighted by Gasteiger charge is 2.42. The lowest BCUT2D eigenvalue weighted by molar-refractivity contribution is -0.131. The van der Waals surface area contributed by atoms with Crippen LogP contribution in [0.15, 0.2) is 60.7 Å².